The van der Waals surface area contributed by atoms with E-state index in [0.29, 0.717) is 52.1 Å². The van der Waals surface area contributed by atoms with Crippen LogP contribution < -0.4 is 22.1 Å². The van der Waals surface area contributed by atoms with E-state index in [-0.39, 0.29) is 52.9 Å². The number of nitrogens with two attached hydrogens (primary N) is 2. The predicted octanol–water partition coefficient (Wildman–Crippen LogP) is -5.80. The zero-order valence-corrected chi connectivity index (χ0v) is 22.9. The van der Waals surface area contributed by atoms with Gasteiger partial charge in [0, 0.05) is 32.2 Å². The average molecular weight is 665 g/mol. The number of hydrogen-bond acceptors (Lipinski definition) is 12. The summed E-state index contributed by atoms with van der Waals surface area (Å²) in [6, 6.07) is 0.209. The van der Waals surface area contributed by atoms with Crippen molar-refractivity contribution < 1.29 is 77.2 Å². The molecular weight excluding hydrogens is 629 g/mol. The Morgan fingerprint density at radius 3 is 1.96 bits per heavy atom. The quantitative estimate of drug-likeness (QED) is 0.0497. The van der Waals surface area contributed by atoms with Crippen molar-refractivity contribution in [1.29, 1.82) is 0 Å². The van der Waals surface area contributed by atoms with Crippen molar-refractivity contribution in [3.63, 3.8) is 0 Å². The predicted molar refractivity (Wildman–Crippen MR) is 106 cm³/mol. The van der Waals surface area contributed by atoms with Gasteiger partial charge < -0.3 is 58.4 Å². The second kappa shape index (κ2) is 20.6. The van der Waals surface area contributed by atoms with E-state index in [2.05, 4.69) is 10.6 Å². The molecule has 179 valence electrons. The topological polar surface area (TPSA) is 205 Å². The van der Waals surface area contributed by atoms with Gasteiger partial charge in [-0.1, -0.05) is 0 Å². The summed E-state index contributed by atoms with van der Waals surface area (Å²) in [6.07, 6.45) is 0.958. The minimum absolute atomic E-state index is 0. The first-order valence-corrected chi connectivity index (χ1v) is 14.4. The zero-order valence-electron chi connectivity index (χ0n) is 15.4. The summed E-state index contributed by atoms with van der Waals surface area (Å²) in [5.41, 5.74) is 10.7. The molecule has 0 aromatic rings. The van der Waals surface area contributed by atoms with Gasteiger partial charge in [0.1, 0.15) is 0 Å². The molecule has 1 unspecified atom stereocenters. The molecule has 0 aromatic carbocycles. The molecule has 12 nitrogen and oxygen atoms in total. The first-order chi connectivity index (χ1) is 12.3. The molecule has 0 spiro atoms. The molecular formula is C10H35N4O8Pd2Si4. The van der Waals surface area contributed by atoms with Crippen LogP contribution in [0.25, 0.3) is 0 Å². The fourth-order valence-electron chi connectivity index (χ4n) is 1.88. The van der Waals surface area contributed by atoms with Gasteiger partial charge in [-0.25, -0.2) is 0 Å². The van der Waals surface area contributed by atoms with E-state index < -0.39 is 37.1 Å². The Morgan fingerprint density at radius 2 is 1.46 bits per heavy atom. The summed E-state index contributed by atoms with van der Waals surface area (Å²) in [5.74, 6) is 0. The van der Waals surface area contributed by atoms with E-state index in [1.165, 1.54) is 0 Å². The molecule has 0 saturated heterocycles. The van der Waals surface area contributed by atoms with E-state index in [1.54, 1.807) is 0 Å². The molecule has 0 bridgehead atoms. The molecule has 0 fully saturated rings. The Balaban J connectivity index is -0.00000312. The van der Waals surface area contributed by atoms with Crippen molar-refractivity contribution in [2.75, 3.05) is 39.3 Å². The molecule has 11 N–H and O–H groups in total. The van der Waals surface area contributed by atoms with Crippen LogP contribution >= 0.6 is 0 Å². The van der Waals surface area contributed by atoms with Crippen molar-refractivity contribution in [2.24, 2.45) is 11.5 Å². The molecule has 0 aliphatic rings. The summed E-state index contributed by atoms with van der Waals surface area (Å²) in [4.78, 5) is 48.9. The van der Waals surface area contributed by atoms with Crippen LogP contribution in [0.3, 0.4) is 0 Å². The molecule has 28 heavy (non-hydrogen) atoms. The van der Waals surface area contributed by atoms with Crippen LogP contribution in [-0.2, 0) is 53.2 Å². The summed E-state index contributed by atoms with van der Waals surface area (Å²) < 4.78 is 14.6. The molecule has 0 aliphatic heterocycles. The first kappa shape index (κ1) is 34.3. The van der Waals surface area contributed by atoms with E-state index in [4.69, 9.17) is 28.6 Å². The summed E-state index contributed by atoms with van der Waals surface area (Å²) in [7, 11) is -12.4. The molecule has 0 aliphatic carbocycles. The maximum absolute atomic E-state index is 10.3. The average Bonchev–Trinajstić information content (AvgIpc) is 2.53. The summed E-state index contributed by atoms with van der Waals surface area (Å²) in [6.45, 7) is 3.32. The number of nitrogens with one attached hydrogen (secondary N) is 2. The van der Waals surface area contributed by atoms with Crippen LogP contribution in [0.4, 0.5) is 0 Å². The fourth-order valence-corrected chi connectivity index (χ4v) is 8.75. The molecule has 0 saturated carbocycles. The van der Waals surface area contributed by atoms with Gasteiger partial charge in [-0.05, 0) is 32.0 Å². The van der Waals surface area contributed by atoms with Crippen molar-refractivity contribution in [2.45, 2.75) is 24.9 Å². The number of hydrogen-bond donors (Lipinski definition) is 9. The third-order valence-corrected chi connectivity index (χ3v) is 10.7. The normalized spacial score (nSPS) is 13.7. The van der Waals surface area contributed by atoms with Gasteiger partial charge in [0.2, 0.25) is 0 Å². The Kier molecular flexibility index (Phi) is 25.3. The van der Waals surface area contributed by atoms with E-state index in [0.717, 1.165) is 0 Å². The maximum atomic E-state index is 10.3. The second-order valence-corrected chi connectivity index (χ2v) is 12.3. The Bertz CT molecular complexity index is 363. The Labute approximate surface area is 199 Å². The second-order valence-electron chi connectivity index (χ2n) is 5.34. The molecule has 1 atom stereocenters. The molecule has 3 radical (unpaired) electrons. The molecule has 0 aromatic heterocycles. The zero-order chi connectivity index (χ0) is 19.9. The SMILES string of the molecule is NCCNCCC[Si](O)O[Si](O)(O)O[Si](O)(CCCNCCN)O[Si]O.[PdH2].[PdH2]. The van der Waals surface area contributed by atoms with Crippen molar-refractivity contribution in [3.05, 3.63) is 0 Å². The van der Waals surface area contributed by atoms with Gasteiger partial charge in [-0.3, -0.25) is 0 Å². The number of rotatable bonds is 18. The van der Waals surface area contributed by atoms with Gasteiger partial charge in [-0.2, -0.15) is 0 Å². The third kappa shape index (κ3) is 19.7. The minimum atomic E-state index is -4.80. The Hall–Kier alpha value is 1.71. The van der Waals surface area contributed by atoms with Crippen molar-refractivity contribution >= 4 is 37.1 Å². The Morgan fingerprint density at radius 1 is 0.929 bits per heavy atom. The monoisotopic (exact) mass is 663 g/mol. The van der Waals surface area contributed by atoms with Crippen LogP contribution in [0.15, 0.2) is 0 Å². The molecule has 0 heterocycles. The van der Waals surface area contributed by atoms with Gasteiger partial charge in [0.25, 0.3) is 0 Å². The molecule has 0 amide bonds. The third-order valence-electron chi connectivity index (χ3n) is 2.98. The van der Waals surface area contributed by atoms with Crippen LogP contribution in [0.5, 0.6) is 0 Å². The van der Waals surface area contributed by atoms with Gasteiger partial charge in [0.15, 0.2) is 0 Å². The first-order valence-electron chi connectivity index (χ1n) is 8.28. The molecule has 0 rings (SSSR count). The summed E-state index contributed by atoms with van der Waals surface area (Å²) >= 11 is 0. The van der Waals surface area contributed by atoms with E-state index in [9.17, 15) is 19.2 Å². The van der Waals surface area contributed by atoms with Crippen LogP contribution in [0.1, 0.15) is 12.8 Å². The van der Waals surface area contributed by atoms with Gasteiger partial charge >= 0.3 is 78.0 Å². The van der Waals surface area contributed by atoms with E-state index >= 15 is 0 Å². The van der Waals surface area contributed by atoms with Gasteiger partial charge in [-0.15, -0.1) is 0 Å². The standard InChI is InChI=1S/C10H31N4O8Si4.2Pd.4H/c11-3-7-13-5-1-9-24(16)21-26(18,19)22-25(17,20-23-15)10-2-6-14-8-4-12;;;;;;/h13-19H,1-12H2;;;;;;. The van der Waals surface area contributed by atoms with Crippen LogP contribution in [0, 0.1) is 0 Å². The van der Waals surface area contributed by atoms with Crippen molar-refractivity contribution in [3.8, 4) is 0 Å². The van der Waals surface area contributed by atoms with Gasteiger partial charge in [0.05, 0.1) is 0 Å². The van der Waals surface area contributed by atoms with Crippen LogP contribution in [-0.4, -0.2) is 100 Å². The van der Waals surface area contributed by atoms with E-state index in [1.807, 2.05) is 0 Å². The summed E-state index contributed by atoms with van der Waals surface area (Å²) in [5, 5.41) is 6.04. The van der Waals surface area contributed by atoms with Crippen LogP contribution in [0.2, 0.25) is 12.1 Å². The molecule has 18 heteroatoms. The fraction of sp³-hybridized carbons (Fsp3) is 1.00. The van der Waals surface area contributed by atoms with Crippen molar-refractivity contribution in [1.82, 2.24) is 10.6 Å².